The van der Waals surface area contributed by atoms with E-state index in [1.165, 1.54) is 0 Å². The second kappa shape index (κ2) is 3.47. The zero-order valence-electron chi connectivity index (χ0n) is 9.53. The van der Waals surface area contributed by atoms with Crippen molar-refractivity contribution >= 4 is 9.84 Å². The highest BCUT2D eigenvalue weighted by Gasteiger charge is 2.26. The summed E-state index contributed by atoms with van der Waals surface area (Å²) in [6, 6.07) is 8.75. The number of aryl methyl sites for hydroxylation is 3. The van der Waals surface area contributed by atoms with E-state index in [4.69, 9.17) is 0 Å². The van der Waals surface area contributed by atoms with Crippen LogP contribution < -0.4 is 0 Å². The molecule has 1 aliphatic rings. The van der Waals surface area contributed by atoms with Crippen molar-refractivity contribution in [2.75, 3.05) is 0 Å². The van der Waals surface area contributed by atoms with Gasteiger partial charge in [-0.15, -0.1) is 0 Å². The molecule has 4 heteroatoms. The van der Waals surface area contributed by atoms with Crippen LogP contribution in [0, 0.1) is 6.92 Å². The molecular formula is C13H13NO2S. The van der Waals surface area contributed by atoms with Crippen molar-refractivity contribution in [1.29, 1.82) is 0 Å². The summed E-state index contributed by atoms with van der Waals surface area (Å²) in [5.74, 6) is 0. The summed E-state index contributed by atoms with van der Waals surface area (Å²) in [5.41, 5.74) is 2.93. The molecule has 2 heterocycles. The van der Waals surface area contributed by atoms with Crippen molar-refractivity contribution in [1.82, 2.24) is 4.98 Å². The number of nitrogens with one attached hydrogen (secondary N) is 1. The monoisotopic (exact) mass is 247 g/mol. The fourth-order valence-electron chi connectivity index (χ4n) is 2.20. The molecule has 0 spiro atoms. The first-order valence-electron chi connectivity index (χ1n) is 5.60. The van der Waals surface area contributed by atoms with Gasteiger partial charge in [0.2, 0.25) is 9.84 Å². The van der Waals surface area contributed by atoms with Crippen molar-refractivity contribution in [3.8, 4) is 0 Å². The quantitative estimate of drug-likeness (QED) is 0.885. The lowest BCUT2D eigenvalue weighted by Gasteiger charge is -2.06. The SMILES string of the molecule is Cc1ccc(S(=O)(=O)c2cc3[nH]c2CC3)cc1. The molecule has 3 rings (SSSR count). The van der Waals surface area contributed by atoms with Gasteiger partial charge in [0.15, 0.2) is 0 Å². The summed E-state index contributed by atoms with van der Waals surface area (Å²) in [6.07, 6.45) is 1.74. The number of benzene rings is 1. The van der Waals surface area contributed by atoms with Crippen LogP contribution in [0.5, 0.6) is 0 Å². The van der Waals surface area contributed by atoms with E-state index in [2.05, 4.69) is 4.98 Å². The molecule has 1 aromatic carbocycles. The van der Waals surface area contributed by atoms with E-state index in [1.54, 1.807) is 18.2 Å². The van der Waals surface area contributed by atoms with Crippen molar-refractivity contribution in [2.45, 2.75) is 29.6 Å². The Kier molecular flexibility index (Phi) is 2.16. The highest BCUT2D eigenvalue weighted by molar-refractivity contribution is 7.91. The maximum Gasteiger partial charge on any atom is 0.208 e. The van der Waals surface area contributed by atoms with Gasteiger partial charge in [-0.2, -0.15) is 0 Å². The summed E-state index contributed by atoms with van der Waals surface area (Å²) in [4.78, 5) is 3.95. The van der Waals surface area contributed by atoms with E-state index >= 15 is 0 Å². The molecule has 0 saturated carbocycles. The fraction of sp³-hybridized carbons (Fsp3) is 0.231. The van der Waals surface area contributed by atoms with Crippen molar-refractivity contribution in [3.63, 3.8) is 0 Å². The van der Waals surface area contributed by atoms with Crippen LogP contribution in [-0.2, 0) is 22.7 Å². The molecule has 0 fully saturated rings. The molecule has 0 atom stereocenters. The van der Waals surface area contributed by atoms with Crippen molar-refractivity contribution in [3.05, 3.63) is 47.3 Å². The number of aromatic nitrogens is 1. The van der Waals surface area contributed by atoms with E-state index in [0.29, 0.717) is 9.79 Å². The molecule has 0 aliphatic carbocycles. The third-order valence-electron chi connectivity index (χ3n) is 3.18. The van der Waals surface area contributed by atoms with Crippen molar-refractivity contribution < 1.29 is 8.42 Å². The molecule has 2 bridgehead atoms. The largest absolute Gasteiger partial charge is 0.361 e. The molecule has 88 valence electrons. The van der Waals surface area contributed by atoms with Crippen LogP contribution in [0.25, 0.3) is 0 Å². The van der Waals surface area contributed by atoms with E-state index in [9.17, 15) is 8.42 Å². The number of fused-ring (bicyclic) bond motifs is 2. The topological polar surface area (TPSA) is 49.9 Å². The van der Waals surface area contributed by atoms with E-state index in [-0.39, 0.29) is 0 Å². The Morgan fingerprint density at radius 1 is 1.12 bits per heavy atom. The molecule has 1 N–H and O–H groups in total. The third-order valence-corrected chi connectivity index (χ3v) is 5.02. The minimum Gasteiger partial charge on any atom is -0.361 e. The molecule has 3 nitrogen and oxygen atoms in total. The van der Waals surface area contributed by atoms with Crippen LogP contribution in [0.2, 0.25) is 0 Å². The first kappa shape index (κ1) is 10.6. The first-order chi connectivity index (χ1) is 8.07. The molecule has 1 aromatic heterocycles. The lowest BCUT2D eigenvalue weighted by atomic mass is 10.2. The Balaban J connectivity index is 2.13. The Morgan fingerprint density at radius 3 is 2.35 bits per heavy atom. The fourth-order valence-corrected chi connectivity index (χ4v) is 3.72. The second-order valence-electron chi connectivity index (χ2n) is 4.45. The maximum absolute atomic E-state index is 12.4. The molecule has 0 radical (unpaired) electrons. The van der Waals surface area contributed by atoms with Gasteiger partial charge in [-0.05, 0) is 38.0 Å². The zero-order valence-corrected chi connectivity index (χ0v) is 10.3. The van der Waals surface area contributed by atoms with Crippen LogP contribution in [0.1, 0.15) is 17.0 Å². The van der Waals surface area contributed by atoms with Crippen LogP contribution >= 0.6 is 0 Å². The van der Waals surface area contributed by atoms with Crippen LogP contribution in [0.4, 0.5) is 0 Å². The predicted molar refractivity (Wildman–Crippen MR) is 64.8 cm³/mol. The van der Waals surface area contributed by atoms with Gasteiger partial charge < -0.3 is 4.98 Å². The Morgan fingerprint density at radius 2 is 1.82 bits per heavy atom. The van der Waals surface area contributed by atoms with Gasteiger partial charge >= 0.3 is 0 Å². The molecule has 0 amide bonds. The van der Waals surface area contributed by atoms with Crippen LogP contribution in [0.15, 0.2) is 40.1 Å². The van der Waals surface area contributed by atoms with E-state index < -0.39 is 9.84 Å². The van der Waals surface area contributed by atoms with Gasteiger partial charge in [-0.1, -0.05) is 17.7 Å². The summed E-state index contributed by atoms with van der Waals surface area (Å²) >= 11 is 0. The standard InChI is InChI=1S/C13H13NO2S/c1-9-2-5-11(6-3-9)17(15,16)13-8-10-4-7-12(13)14-10/h2-3,5-6,8,14H,4,7H2,1H3. The lowest BCUT2D eigenvalue weighted by Crippen LogP contribution is -2.05. The lowest BCUT2D eigenvalue weighted by molar-refractivity contribution is 0.594. The minimum atomic E-state index is -3.35. The number of hydrogen-bond acceptors (Lipinski definition) is 2. The maximum atomic E-state index is 12.4. The third kappa shape index (κ3) is 1.60. The van der Waals surface area contributed by atoms with Gasteiger partial charge in [0, 0.05) is 11.4 Å². The smallest absolute Gasteiger partial charge is 0.208 e. The van der Waals surface area contributed by atoms with Gasteiger partial charge in [0.25, 0.3) is 0 Å². The van der Waals surface area contributed by atoms with Gasteiger partial charge in [0.05, 0.1) is 9.79 Å². The number of hydrogen-bond donors (Lipinski definition) is 1. The number of aromatic amines is 1. The summed E-state index contributed by atoms with van der Waals surface area (Å²) in [5, 5.41) is 0. The summed E-state index contributed by atoms with van der Waals surface area (Å²) in [7, 11) is -3.35. The number of H-pyrrole nitrogens is 1. The average molecular weight is 247 g/mol. The summed E-state index contributed by atoms with van der Waals surface area (Å²) < 4.78 is 24.8. The van der Waals surface area contributed by atoms with Crippen LogP contribution in [0.3, 0.4) is 0 Å². The Labute approximate surface area is 100 Å². The molecule has 0 saturated heterocycles. The highest BCUT2D eigenvalue weighted by Crippen LogP contribution is 2.29. The summed E-state index contributed by atoms with van der Waals surface area (Å²) in [6.45, 7) is 1.94. The van der Waals surface area contributed by atoms with Gasteiger partial charge in [0.1, 0.15) is 0 Å². The highest BCUT2D eigenvalue weighted by atomic mass is 32.2. The molecule has 0 unspecified atom stereocenters. The number of rotatable bonds is 2. The zero-order chi connectivity index (χ0) is 12.0. The number of sulfone groups is 1. The first-order valence-corrected chi connectivity index (χ1v) is 7.08. The molecule has 2 aromatic rings. The second-order valence-corrected chi connectivity index (χ2v) is 6.37. The van der Waals surface area contributed by atoms with Gasteiger partial charge in [-0.3, -0.25) is 0 Å². The Hall–Kier alpha value is -1.55. The van der Waals surface area contributed by atoms with Crippen LogP contribution in [-0.4, -0.2) is 13.4 Å². The minimum absolute atomic E-state index is 0.372. The van der Waals surface area contributed by atoms with E-state index in [0.717, 1.165) is 29.8 Å². The normalized spacial score (nSPS) is 14.2. The molecular weight excluding hydrogens is 234 g/mol. The Bertz CT molecular complexity index is 666. The average Bonchev–Trinajstić information content (AvgIpc) is 2.91. The van der Waals surface area contributed by atoms with Crippen molar-refractivity contribution in [2.24, 2.45) is 0 Å². The van der Waals surface area contributed by atoms with E-state index in [1.807, 2.05) is 19.1 Å². The molecule has 1 aliphatic heterocycles. The predicted octanol–water partition coefficient (Wildman–Crippen LogP) is 2.25. The van der Waals surface area contributed by atoms with Gasteiger partial charge in [-0.25, -0.2) is 8.42 Å². The molecule has 17 heavy (non-hydrogen) atoms.